The average molecular weight is 845 g/mol. The Kier molecular flexibility index (Phi) is 8.75. The summed E-state index contributed by atoms with van der Waals surface area (Å²) in [6.45, 7) is 0. The molecule has 0 atom stereocenters. The molecule has 0 aliphatic rings. The summed E-state index contributed by atoms with van der Waals surface area (Å²) in [6.07, 6.45) is 0. The van der Waals surface area contributed by atoms with Crippen molar-refractivity contribution in [2.24, 2.45) is 0 Å². The number of anilines is 3. The van der Waals surface area contributed by atoms with Gasteiger partial charge in [-0.15, -0.1) is 11.3 Å². The Morgan fingerprint density at radius 2 is 0.846 bits per heavy atom. The van der Waals surface area contributed by atoms with E-state index in [1.807, 2.05) is 11.3 Å². The lowest BCUT2D eigenvalue weighted by Gasteiger charge is -2.28. The van der Waals surface area contributed by atoms with Gasteiger partial charge in [-0.1, -0.05) is 182 Å². The molecule has 2 heterocycles. The molecule has 0 radical (unpaired) electrons. The van der Waals surface area contributed by atoms with Gasteiger partial charge in [-0.05, 0) is 110 Å². The molecular formula is C62H40N2S. The first-order chi connectivity index (χ1) is 32.2. The van der Waals surface area contributed by atoms with Crippen LogP contribution in [-0.4, -0.2) is 4.57 Å². The Morgan fingerprint density at radius 3 is 1.57 bits per heavy atom. The fourth-order valence-corrected chi connectivity index (χ4v) is 11.4. The summed E-state index contributed by atoms with van der Waals surface area (Å²) in [7, 11) is 0. The van der Waals surface area contributed by atoms with Crippen molar-refractivity contribution in [1.29, 1.82) is 0 Å². The largest absolute Gasteiger partial charge is 0.310 e. The van der Waals surface area contributed by atoms with Gasteiger partial charge in [0.1, 0.15) is 0 Å². The molecule has 0 bridgehead atoms. The second-order valence-corrected chi connectivity index (χ2v) is 17.9. The minimum absolute atomic E-state index is 1.09. The molecule has 0 fully saturated rings. The van der Waals surface area contributed by atoms with Crippen molar-refractivity contribution in [3.05, 3.63) is 243 Å². The van der Waals surface area contributed by atoms with Crippen molar-refractivity contribution in [1.82, 2.24) is 4.57 Å². The smallest absolute Gasteiger partial charge is 0.0541 e. The van der Waals surface area contributed by atoms with E-state index in [0.717, 1.165) is 22.7 Å². The molecule has 13 aromatic rings. The molecule has 304 valence electrons. The molecule has 13 rings (SSSR count). The third kappa shape index (κ3) is 6.24. The lowest BCUT2D eigenvalue weighted by molar-refractivity contribution is 1.18. The summed E-state index contributed by atoms with van der Waals surface area (Å²) < 4.78 is 5.05. The average Bonchev–Trinajstić information content (AvgIpc) is 3.93. The minimum atomic E-state index is 1.09. The fourth-order valence-electron chi connectivity index (χ4n) is 10.1. The number of para-hydroxylation sites is 3. The van der Waals surface area contributed by atoms with Crippen molar-refractivity contribution < 1.29 is 0 Å². The maximum Gasteiger partial charge on any atom is 0.0541 e. The highest BCUT2D eigenvalue weighted by Gasteiger charge is 2.20. The van der Waals surface area contributed by atoms with Gasteiger partial charge in [0.05, 0.1) is 16.7 Å². The molecule has 0 unspecified atom stereocenters. The first-order valence-electron chi connectivity index (χ1n) is 22.2. The molecule has 2 aromatic heterocycles. The Labute approximate surface area is 381 Å². The van der Waals surface area contributed by atoms with Gasteiger partial charge in [0.15, 0.2) is 0 Å². The Bertz CT molecular complexity index is 3890. The fraction of sp³-hybridized carbons (Fsp3) is 0. The number of hydrogen-bond donors (Lipinski definition) is 0. The van der Waals surface area contributed by atoms with Crippen LogP contribution in [0.4, 0.5) is 17.1 Å². The first kappa shape index (κ1) is 37.3. The van der Waals surface area contributed by atoms with E-state index in [0.29, 0.717) is 0 Å². The summed E-state index contributed by atoms with van der Waals surface area (Å²) >= 11 is 1.89. The number of aromatic nitrogens is 1. The van der Waals surface area contributed by atoms with Crippen LogP contribution in [0, 0.1) is 0 Å². The van der Waals surface area contributed by atoms with E-state index >= 15 is 0 Å². The molecule has 0 aliphatic carbocycles. The van der Waals surface area contributed by atoms with Gasteiger partial charge in [-0.3, -0.25) is 0 Å². The highest BCUT2D eigenvalue weighted by molar-refractivity contribution is 7.26. The quantitative estimate of drug-likeness (QED) is 0.155. The molecule has 3 heteroatoms. The van der Waals surface area contributed by atoms with Gasteiger partial charge in [-0.2, -0.15) is 0 Å². The summed E-state index contributed by atoms with van der Waals surface area (Å²) in [5.74, 6) is 0. The van der Waals surface area contributed by atoms with E-state index in [9.17, 15) is 0 Å². The predicted octanol–water partition coefficient (Wildman–Crippen LogP) is 17.9. The van der Waals surface area contributed by atoms with Crippen LogP contribution in [0.3, 0.4) is 0 Å². The highest BCUT2D eigenvalue weighted by atomic mass is 32.1. The van der Waals surface area contributed by atoms with E-state index in [2.05, 4.69) is 252 Å². The third-order valence-electron chi connectivity index (χ3n) is 13.2. The molecule has 2 nitrogen and oxygen atoms in total. The maximum absolute atomic E-state index is 2.42. The van der Waals surface area contributed by atoms with Crippen LogP contribution in [0.15, 0.2) is 243 Å². The van der Waals surface area contributed by atoms with Crippen molar-refractivity contribution >= 4 is 91.9 Å². The van der Waals surface area contributed by atoms with Gasteiger partial charge in [0, 0.05) is 53.6 Å². The number of benzene rings is 11. The number of hydrogen-bond acceptors (Lipinski definition) is 2. The van der Waals surface area contributed by atoms with Crippen molar-refractivity contribution in [3.8, 4) is 39.1 Å². The predicted molar refractivity (Wildman–Crippen MR) is 280 cm³/mol. The van der Waals surface area contributed by atoms with E-state index in [1.54, 1.807) is 0 Å². The van der Waals surface area contributed by atoms with Gasteiger partial charge in [0.2, 0.25) is 0 Å². The van der Waals surface area contributed by atoms with Crippen LogP contribution in [0.1, 0.15) is 0 Å². The third-order valence-corrected chi connectivity index (χ3v) is 14.4. The molecule has 0 spiro atoms. The number of rotatable bonds is 7. The van der Waals surface area contributed by atoms with Crippen molar-refractivity contribution in [2.45, 2.75) is 0 Å². The van der Waals surface area contributed by atoms with E-state index in [-0.39, 0.29) is 0 Å². The zero-order chi connectivity index (χ0) is 42.8. The van der Waals surface area contributed by atoms with Crippen LogP contribution in [0.5, 0.6) is 0 Å². The van der Waals surface area contributed by atoms with Crippen molar-refractivity contribution in [2.75, 3.05) is 4.90 Å². The Hall–Kier alpha value is -8.24. The second-order valence-electron chi connectivity index (χ2n) is 16.9. The minimum Gasteiger partial charge on any atom is -0.310 e. The summed E-state index contributed by atoms with van der Waals surface area (Å²) in [6, 6.07) is 88.9. The molecule has 0 saturated heterocycles. The topological polar surface area (TPSA) is 8.17 Å². The van der Waals surface area contributed by atoms with Gasteiger partial charge >= 0.3 is 0 Å². The lowest BCUT2D eigenvalue weighted by Crippen LogP contribution is -2.11. The normalized spacial score (nSPS) is 11.7. The van der Waals surface area contributed by atoms with Gasteiger partial charge in [-0.25, -0.2) is 0 Å². The van der Waals surface area contributed by atoms with Crippen LogP contribution >= 0.6 is 11.3 Å². The number of fused-ring (bicyclic) bond motifs is 9. The summed E-state index contributed by atoms with van der Waals surface area (Å²) in [5.41, 5.74) is 14.0. The molecule has 0 saturated carbocycles. The lowest BCUT2D eigenvalue weighted by atomic mass is 9.96. The van der Waals surface area contributed by atoms with Crippen LogP contribution in [-0.2, 0) is 0 Å². The standard InChI is InChI=1S/C62H40N2S/c1-3-18-50-43(13-1)15-12-23-52(50)53-20-5-8-24-58(53)63(48-35-29-42(30-36-48)46-32-37-56-57-38-31-44-14-2-4-19-51(44)62(57)65-61(56)40-46)47-33-27-41(28-34-47)45-16-11-17-49(39-45)64-59-25-9-6-21-54(59)55-22-7-10-26-60(55)64/h1-40H. The van der Waals surface area contributed by atoms with E-state index in [4.69, 9.17) is 0 Å². The van der Waals surface area contributed by atoms with Crippen LogP contribution < -0.4 is 4.90 Å². The molecule has 0 amide bonds. The van der Waals surface area contributed by atoms with Gasteiger partial charge in [0.25, 0.3) is 0 Å². The van der Waals surface area contributed by atoms with E-state index in [1.165, 1.54) is 96.9 Å². The molecule has 65 heavy (non-hydrogen) atoms. The monoisotopic (exact) mass is 844 g/mol. The molecule has 0 N–H and O–H groups in total. The zero-order valence-electron chi connectivity index (χ0n) is 35.4. The molecular weight excluding hydrogens is 805 g/mol. The molecule has 11 aromatic carbocycles. The number of thiophene rings is 1. The zero-order valence-corrected chi connectivity index (χ0v) is 36.2. The van der Waals surface area contributed by atoms with Crippen LogP contribution in [0.25, 0.3) is 103 Å². The second kappa shape index (κ2) is 15.2. The Balaban J connectivity index is 0.911. The first-order valence-corrected chi connectivity index (χ1v) is 23.1. The number of nitrogens with zero attached hydrogens (tertiary/aromatic N) is 2. The maximum atomic E-state index is 2.42. The summed E-state index contributed by atoms with van der Waals surface area (Å²) in [4.78, 5) is 2.42. The summed E-state index contributed by atoms with van der Waals surface area (Å²) in [5, 5.41) is 10.2. The van der Waals surface area contributed by atoms with E-state index < -0.39 is 0 Å². The highest BCUT2D eigenvalue weighted by Crippen LogP contribution is 2.45. The Morgan fingerprint density at radius 1 is 0.323 bits per heavy atom. The SMILES string of the molecule is c1cc(-c2ccc(N(c3ccc(-c4ccc5c(c4)sc4c6ccccc6ccc54)cc3)c3ccccc3-c3cccc4ccccc34)cc2)cc(-n2c3ccccc3c3ccccc32)c1. The van der Waals surface area contributed by atoms with Crippen LogP contribution in [0.2, 0.25) is 0 Å². The van der Waals surface area contributed by atoms with Gasteiger partial charge < -0.3 is 9.47 Å². The molecule has 0 aliphatic heterocycles. The van der Waals surface area contributed by atoms with Crippen molar-refractivity contribution in [3.63, 3.8) is 0 Å².